The van der Waals surface area contributed by atoms with Gasteiger partial charge in [0.1, 0.15) is 5.82 Å². The number of anilines is 1. The van der Waals surface area contributed by atoms with Gasteiger partial charge >= 0.3 is 0 Å². The molecule has 3 heteroatoms. The molecule has 0 aliphatic heterocycles. The fraction of sp³-hybridized carbons (Fsp3) is 0.786. The van der Waals surface area contributed by atoms with Crippen molar-refractivity contribution in [2.75, 3.05) is 11.9 Å². The van der Waals surface area contributed by atoms with E-state index in [-0.39, 0.29) is 0 Å². The van der Waals surface area contributed by atoms with Gasteiger partial charge in [0.25, 0.3) is 0 Å². The Kier molecular flexibility index (Phi) is 4.46. The highest BCUT2D eigenvalue weighted by Crippen LogP contribution is 2.26. The van der Waals surface area contributed by atoms with Crippen molar-refractivity contribution in [1.82, 2.24) is 9.78 Å². The zero-order chi connectivity index (χ0) is 12.1. The summed E-state index contributed by atoms with van der Waals surface area (Å²) in [6.07, 6.45) is 10.5. The van der Waals surface area contributed by atoms with E-state index < -0.39 is 0 Å². The van der Waals surface area contributed by atoms with Crippen LogP contribution in [0.25, 0.3) is 0 Å². The number of nitrogens with zero attached hydrogens (tertiary/aromatic N) is 2. The van der Waals surface area contributed by atoms with E-state index in [9.17, 15) is 0 Å². The third-order valence-corrected chi connectivity index (χ3v) is 3.72. The van der Waals surface area contributed by atoms with Crippen molar-refractivity contribution in [3.63, 3.8) is 0 Å². The minimum atomic E-state index is 0.448. The Hall–Kier alpha value is -0.990. The van der Waals surface area contributed by atoms with Crippen LogP contribution in [-0.4, -0.2) is 16.3 Å². The Morgan fingerprint density at radius 2 is 2.12 bits per heavy atom. The van der Waals surface area contributed by atoms with Crippen molar-refractivity contribution in [3.8, 4) is 0 Å². The molecule has 1 N–H and O–H groups in total. The summed E-state index contributed by atoms with van der Waals surface area (Å²) in [5, 5.41) is 7.93. The van der Waals surface area contributed by atoms with Crippen LogP contribution < -0.4 is 5.32 Å². The molecule has 0 atom stereocenters. The number of rotatable bonds is 5. The van der Waals surface area contributed by atoms with Gasteiger partial charge in [0.15, 0.2) is 0 Å². The molecule has 0 bridgehead atoms. The van der Waals surface area contributed by atoms with Crippen molar-refractivity contribution in [2.24, 2.45) is 5.92 Å². The van der Waals surface area contributed by atoms with Crippen LogP contribution in [-0.2, 0) is 0 Å². The monoisotopic (exact) mass is 235 g/mol. The van der Waals surface area contributed by atoms with E-state index in [0.29, 0.717) is 6.04 Å². The Morgan fingerprint density at radius 3 is 2.76 bits per heavy atom. The molecule has 1 aromatic rings. The molecular weight excluding hydrogens is 210 g/mol. The molecule has 1 saturated carbocycles. The van der Waals surface area contributed by atoms with Crippen molar-refractivity contribution in [2.45, 2.75) is 58.4 Å². The molecule has 2 rings (SSSR count). The van der Waals surface area contributed by atoms with Gasteiger partial charge in [-0.2, -0.15) is 5.10 Å². The van der Waals surface area contributed by atoms with E-state index in [1.807, 2.05) is 10.9 Å². The second-order valence-corrected chi connectivity index (χ2v) is 5.49. The number of nitrogens with one attached hydrogen (secondary N) is 1. The Bertz CT molecular complexity index is 324. The first-order valence-corrected chi connectivity index (χ1v) is 7.05. The molecule has 0 amide bonds. The molecule has 1 aliphatic rings. The van der Waals surface area contributed by atoms with Gasteiger partial charge < -0.3 is 5.32 Å². The largest absolute Gasteiger partial charge is 0.369 e. The maximum atomic E-state index is 4.50. The minimum Gasteiger partial charge on any atom is -0.369 e. The molecule has 1 aliphatic carbocycles. The number of hydrogen-bond donors (Lipinski definition) is 1. The standard InChI is InChI=1S/C14H25N3/c1-12(2)17-11-9-14(16-17)15-10-8-13-6-4-3-5-7-13/h9,11-13H,3-8,10H2,1-2H3,(H,15,16). The smallest absolute Gasteiger partial charge is 0.147 e. The molecule has 1 aromatic heterocycles. The first-order valence-electron chi connectivity index (χ1n) is 7.05. The first kappa shape index (κ1) is 12.5. The summed E-state index contributed by atoms with van der Waals surface area (Å²) in [4.78, 5) is 0. The third kappa shape index (κ3) is 3.76. The molecule has 1 fully saturated rings. The van der Waals surface area contributed by atoms with Crippen molar-refractivity contribution in [1.29, 1.82) is 0 Å². The predicted molar refractivity (Wildman–Crippen MR) is 72.3 cm³/mol. The SMILES string of the molecule is CC(C)n1ccc(NCCC2CCCCC2)n1. The molecule has 3 nitrogen and oxygen atoms in total. The number of aromatic nitrogens is 2. The molecule has 0 spiro atoms. The highest BCUT2D eigenvalue weighted by atomic mass is 15.3. The summed E-state index contributed by atoms with van der Waals surface area (Å²) in [6.45, 7) is 5.37. The molecule has 1 heterocycles. The minimum absolute atomic E-state index is 0.448. The van der Waals surface area contributed by atoms with Crippen molar-refractivity contribution in [3.05, 3.63) is 12.3 Å². The van der Waals surface area contributed by atoms with Crippen LogP contribution in [0.3, 0.4) is 0 Å². The van der Waals surface area contributed by atoms with E-state index in [4.69, 9.17) is 0 Å². The average molecular weight is 235 g/mol. The summed E-state index contributed by atoms with van der Waals surface area (Å²) in [7, 11) is 0. The summed E-state index contributed by atoms with van der Waals surface area (Å²) < 4.78 is 2.00. The molecule has 0 saturated heterocycles. The van der Waals surface area contributed by atoms with Gasteiger partial charge in [-0.1, -0.05) is 32.1 Å². The van der Waals surface area contributed by atoms with Crippen LogP contribution in [0.15, 0.2) is 12.3 Å². The Balaban J connectivity index is 1.70. The van der Waals surface area contributed by atoms with Gasteiger partial charge in [-0.15, -0.1) is 0 Å². The highest BCUT2D eigenvalue weighted by molar-refractivity contribution is 5.31. The van der Waals surface area contributed by atoms with Crippen LogP contribution >= 0.6 is 0 Å². The van der Waals surface area contributed by atoms with Gasteiger partial charge in [0, 0.05) is 24.8 Å². The topological polar surface area (TPSA) is 29.9 Å². The van der Waals surface area contributed by atoms with Gasteiger partial charge in [0.05, 0.1) is 0 Å². The molecular formula is C14H25N3. The summed E-state index contributed by atoms with van der Waals surface area (Å²) in [5.41, 5.74) is 0. The lowest BCUT2D eigenvalue weighted by Crippen LogP contribution is -2.12. The van der Waals surface area contributed by atoms with Gasteiger partial charge in [-0.25, -0.2) is 0 Å². The molecule has 17 heavy (non-hydrogen) atoms. The fourth-order valence-electron chi connectivity index (χ4n) is 2.60. The Labute approximate surface area is 105 Å². The number of hydrogen-bond acceptors (Lipinski definition) is 2. The average Bonchev–Trinajstić information content (AvgIpc) is 2.79. The van der Waals surface area contributed by atoms with Gasteiger partial charge in [-0.3, -0.25) is 4.68 Å². The summed E-state index contributed by atoms with van der Waals surface area (Å²) in [5.74, 6) is 1.97. The van der Waals surface area contributed by atoms with E-state index in [1.165, 1.54) is 38.5 Å². The quantitative estimate of drug-likeness (QED) is 0.840. The second-order valence-electron chi connectivity index (χ2n) is 5.49. The van der Waals surface area contributed by atoms with Crippen molar-refractivity contribution >= 4 is 5.82 Å². The summed E-state index contributed by atoms with van der Waals surface area (Å²) >= 11 is 0. The third-order valence-electron chi connectivity index (χ3n) is 3.72. The van der Waals surface area contributed by atoms with E-state index in [1.54, 1.807) is 0 Å². The fourth-order valence-corrected chi connectivity index (χ4v) is 2.60. The molecule has 0 radical (unpaired) electrons. The zero-order valence-corrected chi connectivity index (χ0v) is 11.2. The molecule has 0 unspecified atom stereocenters. The van der Waals surface area contributed by atoms with Gasteiger partial charge in [0.2, 0.25) is 0 Å². The second kappa shape index (κ2) is 6.08. The van der Waals surface area contributed by atoms with Crippen molar-refractivity contribution < 1.29 is 0 Å². The maximum Gasteiger partial charge on any atom is 0.147 e. The van der Waals surface area contributed by atoms with E-state index in [2.05, 4.69) is 30.3 Å². The van der Waals surface area contributed by atoms with Crippen LogP contribution in [0.5, 0.6) is 0 Å². The first-order chi connectivity index (χ1) is 8.25. The molecule has 0 aromatic carbocycles. The lowest BCUT2D eigenvalue weighted by molar-refractivity contribution is 0.345. The normalized spacial score (nSPS) is 17.6. The van der Waals surface area contributed by atoms with Gasteiger partial charge in [-0.05, 0) is 26.2 Å². The van der Waals surface area contributed by atoms with Crippen LogP contribution in [0, 0.1) is 5.92 Å². The van der Waals surface area contributed by atoms with Crippen LogP contribution in [0.4, 0.5) is 5.82 Å². The van der Waals surface area contributed by atoms with Crippen LogP contribution in [0.1, 0.15) is 58.4 Å². The van der Waals surface area contributed by atoms with E-state index >= 15 is 0 Å². The lowest BCUT2D eigenvalue weighted by atomic mass is 9.87. The summed E-state index contributed by atoms with van der Waals surface area (Å²) in [6, 6.07) is 2.52. The van der Waals surface area contributed by atoms with Crippen LogP contribution in [0.2, 0.25) is 0 Å². The maximum absolute atomic E-state index is 4.50. The highest BCUT2D eigenvalue weighted by Gasteiger charge is 2.12. The zero-order valence-electron chi connectivity index (χ0n) is 11.2. The molecule has 96 valence electrons. The lowest BCUT2D eigenvalue weighted by Gasteiger charge is -2.21. The Morgan fingerprint density at radius 1 is 1.35 bits per heavy atom. The van der Waals surface area contributed by atoms with E-state index in [0.717, 1.165) is 18.3 Å². The predicted octanol–water partition coefficient (Wildman–Crippen LogP) is 3.85.